The SMILES string of the molecule is CC[C@@H]1C[C@]1(NC(=O)[C@@H]1C[C@@H](Oc2cc(-c3csc(NC(C)C)n3)nc3c(Cl)c(OCC(OC)OC)ccc23)CN1C(=O)[C@@H](NC(=O)O[C@@H]1C[C@@H]2C(C)[C@@H]2C1)C(C)(C)C)C(=O)OC. The van der Waals surface area contributed by atoms with Crippen LogP contribution < -0.4 is 25.4 Å². The molecule has 2 aromatic heterocycles. The summed E-state index contributed by atoms with van der Waals surface area (Å²) in [5.74, 6) is 0.866. The van der Waals surface area contributed by atoms with Gasteiger partial charge in [0.25, 0.3) is 0 Å². The van der Waals surface area contributed by atoms with Crippen molar-refractivity contribution in [3.63, 3.8) is 0 Å². The van der Waals surface area contributed by atoms with Crippen LogP contribution in [0, 0.1) is 29.1 Å². The van der Waals surface area contributed by atoms with Gasteiger partial charge in [-0.1, -0.05) is 52.6 Å². The van der Waals surface area contributed by atoms with E-state index in [2.05, 4.69) is 22.9 Å². The van der Waals surface area contributed by atoms with Gasteiger partial charge in [-0.2, -0.15) is 0 Å². The topological polar surface area (TPSA) is 189 Å². The molecule has 3 amide bonds. The summed E-state index contributed by atoms with van der Waals surface area (Å²) in [5.41, 5.74) is -0.552. The lowest BCUT2D eigenvalue weighted by atomic mass is 9.85. The molecule has 3 aromatic rings. The predicted octanol–water partition coefficient (Wildman–Crippen LogP) is 6.82. The number of hydrogen-bond acceptors (Lipinski definition) is 14. The standard InChI is InChI=1S/C45H61ClN6O10S/c1-11-24-18-45(24,41(55)59-10)51-39(53)32-16-26(19-52(32)40(54)38(44(5,6)7)50-43(56)62-25-14-28-23(4)29(28)15-25)61-34-17-30(31-21-63-42(49-31)47-22(2)3)48-37-27(34)12-13-33(36(37)46)60-20-35(57-8)58-9/h12-13,17,21-26,28-29,32,35,38H,11,14-16,18-20H2,1-10H3,(H,47,49)(H,50,56)(H,51,53)/t23?,24-,25-,26-,28-,29+,32+,38-,45-/m1/s1. The van der Waals surface area contributed by atoms with E-state index in [4.69, 9.17) is 50.0 Å². The Balaban J connectivity index is 1.21. The Morgan fingerprint density at radius 3 is 2.33 bits per heavy atom. The highest BCUT2D eigenvalue weighted by molar-refractivity contribution is 7.14. The third kappa shape index (κ3) is 9.81. The predicted molar refractivity (Wildman–Crippen MR) is 238 cm³/mol. The zero-order valence-corrected chi connectivity index (χ0v) is 39.3. The number of benzene rings is 1. The van der Waals surface area contributed by atoms with Crippen LogP contribution in [0.2, 0.25) is 5.02 Å². The molecule has 1 aliphatic heterocycles. The average Bonchev–Trinajstić information content (AvgIpc) is 3.72. The van der Waals surface area contributed by atoms with E-state index < -0.39 is 59.3 Å². The largest absolute Gasteiger partial charge is 0.488 e. The minimum atomic E-state index is -1.20. The quantitative estimate of drug-likeness (QED) is 0.0947. The Kier molecular flexibility index (Phi) is 13.7. The molecule has 3 saturated carbocycles. The zero-order chi connectivity index (χ0) is 45.5. The highest BCUT2D eigenvalue weighted by atomic mass is 35.5. The molecule has 1 aromatic carbocycles. The lowest BCUT2D eigenvalue weighted by Gasteiger charge is -2.35. The van der Waals surface area contributed by atoms with Crippen LogP contribution in [0.4, 0.5) is 9.93 Å². The van der Waals surface area contributed by atoms with Gasteiger partial charge in [0.2, 0.25) is 11.8 Å². The van der Waals surface area contributed by atoms with E-state index in [-0.39, 0.29) is 42.7 Å². The van der Waals surface area contributed by atoms with Crippen LogP contribution in [-0.2, 0) is 33.3 Å². The first-order valence-corrected chi connectivity index (χ1v) is 23.1. The number of thiazole rings is 1. The molecule has 16 nitrogen and oxygen atoms in total. The number of anilines is 1. The van der Waals surface area contributed by atoms with Gasteiger partial charge in [-0.25, -0.2) is 19.6 Å². The van der Waals surface area contributed by atoms with Crippen molar-refractivity contribution in [2.75, 3.05) is 39.8 Å². The normalized spacial score (nSPS) is 26.6. The second-order valence-corrected chi connectivity index (χ2v) is 19.9. The van der Waals surface area contributed by atoms with Gasteiger partial charge in [-0.15, -0.1) is 11.3 Å². The van der Waals surface area contributed by atoms with Gasteiger partial charge >= 0.3 is 12.1 Å². The number of esters is 1. The third-order valence-electron chi connectivity index (χ3n) is 13.0. The summed E-state index contributed by atoms with van der Waals surface area (Å²) in [6.07, 6.45) is 0.515. The van der Waals surface area contributed by atoms with E-state index in [9.17, 15) is 19.2 Å². The number of amides is 3. The van der Waals surface area contributed by atoms with Crippen molar-refractivity contribution in [1.82, 2.24) is 25.5 Å². The molecule has 63 heavy (non-hydrogen) atoms. The van der Waals surface area contributed by atoms with Crippen LogP contribution >= 0.6 is 22.9 Å². The molecule has 4 aliphatic rings. The maximum absolute atomic E-state index is 14.9. The number of alkyl carbamates (subject to hydrolysis) is 1. The van der Waals surface area contributed by atoms with Gasteiger partial charge in [0, 0.05) is 43.5 Å². The second kappa shape index (κ2) is 18.6. The summed E-state index contributed by atoms with van der Waals surface area (Å²) in [4.78, 5) is 67.1. The Morgan fingerprint density at radius 1 is 1.00 bits per heavy atom. The number of methoxy groups -OCH3 is 3. The van der Waals surface area contributed by atoms with Crippen molar-refractivity contribution >= 4 is 62.8 Å². The first-order valence-electron chi connectivity index (χ1n) is 21.8. The molecule has 0 radical (unpaired) electrons. The molecule has 0 bridgehead atoms. The van der Waals surface area contributed by atoms with Crippen LogP contribution in [0.5, 0.6) is 11.5 Å². The number of carbonyl (C=O) groups excluding carboxylic acids is 4. The van der Waals surface area contributed by atoms with E-state index >= 15 is 0 Å². The van der Waals surface area contributed by atoms with Gasteiger partial charge in [-0.05, 0) is 74.3 Å². The lowest BCUT2D eigenvalue weighted by Crippen LogP contribution is -2.59. The lowest BCUT2D eigenvalue weighted by molar-refractivity contribution is -0.148. The Hall–Kier alpha value is -4.45. The van der Waals surface area contributed by atoms with Gasteiger partial charge < -0.3 is 49.3 Å². The summed E-state index contributed by atoms with van der Waals surface area (Å²) >= 11 is 8.47. The number of ether oxygens (including phenoxy) is 6. The average molecular weight is 914 g/mol. The summed E-state index contributed by atoms with van der Waals surface area (Å²) in [6.45, 7) is 13.8. The fraction of sp³-hybridized carbons (Fsp3) is 0.644. The summed E-state index contributed by atoms with van der Waals surface area (Å²) < 4.78 is 34.4. The Morgan fingerprint density at radius 2 is 1.71 bits per heavy atom. The maximum atomic E-state index is 14.9. The minimum Gasteiger partial charge on any atom is -0.488 e. The molecule has 18 heteroatoms. The van der Waals surface area contributed by atoms with Crippen LogP contribution in [0.15, 0.2) is 23.6 Å². The van der Waals surface area contributed by atoms with E-state index in [0.29, 0.717) is 69.5 Å². The van der Waals surface area contributed by atoms with Crippen LogP contribution in [0.1, 0.15) is 80.6 Å². The molecule has 3 heterocycles. The van der Waals surface area contributed by atoms with E-state index in [1.807, 2.05) is 46.9 Å². The second-order valence-electron chi connectivity index (χ2n) is 18.7. The van der Waals surface area contributed by atoms with Crippen molar-refractivity contribution in [2.24, 2.45) is 29.1 Å². The van der Waals surface area contributed by atoms with Gasteiger partial charge in [0.05, 0.1) is 24.9 Å². The van der Waals surface area contributed by atoms with Crippen molar-refractivity contribution < 1.29 is 47.6 Å². The fourth-order valence-electron chi connectivity index (χ4n) is 9.29. The third-order valence-corrected chi connectivity index (χ3v) is 14.2. The minimum absolute atomic E-state index is 0.0187. The summed E-state index contributed by atoms with van der Waals surface area (Å²) in [7, 11) is 4.32. The van der Waals surface area contributed by atoms with Crippen LogP contribution in [-0.4, -0.2) is 115 Å². The van der Waals surface area contributed by atoms with Crippen molar-refractivity contribution in [3.05, 3.63) is 28.6 Å². The van der Waals surface area contributed by atoms with Gasteiger partial charge in [0.1, 0.15) is 58.7 Å². The van der Waals surface area contributed by atoms with Crippen LogP contribution in [0.25, 0.3) is 22.3 Å². The molecule has 9 atom stereocenters. The molecular weight excluding hydrogens is 852 g/mol. The number of aromatic nitrogens is 2. The number of nitrogens with zero attached hydrogens (tertiary/aromatic N) is 3. The number of halogens is 1. The van der Waals surface area contributed by atoms with Crippen molar-refractivity contribution in [3.8, 4) is 22.9 Å². The summed E-state index contributed by atoms with van der Waals surface area (Å²) in [5, 5.41) is 12.5. The number of rotatable bonds is 17. The zero-order valence-electron chi connectivity index (χ0n) is 37.7. The molecule has 3 N–H and O–H groups in total. The molecule has 4 fully saturated rings. The number of carbonyl (C=O) groups is 4. The number of pyridine rings is 1. The molecule has 344 valence electrons. The number of nitrogens with one attached hydrogen (secondary N) is 3. The Bertz CT molecular complexity index is 2180. The molecule has 1 saturated heterocycles. The molecular formula is C45H61ClN6O10S. The van der Waals surface area contributed by atoms with Gasteiger partial charge in [-0.3, -0.25) is 9.59 Å². The maximum Gasteiger partial charge on any atom is 0.408 e. The van der Waals surface area contributed by atoms with E-state index in [0.717, 1.165) is 12.8 Å². The molecule has 0 spiro atoms. The molecule has 3 aliphatic carbocycles. The van der Waals surface area contributed by atoms with E-state index in [1.165, 1.54) is 37.6 Å². The van der Waals surface area contributed by atoms with Crippen molar-refractivity contribution in [2.45, 2.75) is 123 Å². The number of fused-ring (bicyclic) bond motifs is 2. The fourth-order valence-corrected chi connectivity index (χ4v) is 10.4. The molecule has 1 unspecified atom stereocenters. The highest BCUT2D eigenvalue weighted by Gasteiger charge is 2.62. The van der Waals surface area contributed by atoms with Crippen molar-refractivity contribution in [1.29, 1.82) is 0 Å². The van der Waals surface area contributed by atoms with Gasteiger partial charge in [0.15, 0.2) is 11.4 Å². The summed E-state index contributed by atoms with van der Waals surface area (Å²) in [6, 6.07) is 3.28. The highest BCUT2D eigenvalue weighted by Crippen LogP contribution is 2.57. The monoisotopic (exact) mass is 912 g/mol. The van der Waals surface area contributed by atoms with Crippen LogP contribution in [0.3, 0.4) is 0 Å². The number of likely N-dealkylation sites (tertiary alicyclic amines) is 1. The molecule has 7 rings (SSSR count). The number of hydrogen-bond donors (Lipinski definition) is 3. The first kappa shape index (κ1) is 46.5. The van der Waals surface area contributed by atoms with E-state index in [1.54, 1.807) is 18.2 Å². The first-order chi connectivity index (χ1) is 29.9. The smallest absolute Gasteiger partial charge is 0.408 e. The Labute approximate surface area is 377 Å².